The van der Waals surface area contributed by atoms with E-state index in [-0.39, 0.29) is 5.91 Å². The molecule has 0 bridgehead atoms. The Kier molecular flexibility index (Phi) is 3.46. The van der Waals surface area contributed by atoms with Gasteiger partial charge >= 0.3 is 0 Å². The highest BCUT2D eigenvalue weighted by atomic mass is 16.2. The Hall–Kier alpha value is -1.35. The highest BCUT2D eigenvalue weighted by molar-refractivity contribution is 5.94. The molecule has 4 rings (SSSR count). The molecular weight excluding hydrogens is 260 g/mol. The van der Waals surface area contributed by atoms with Gasteiger partial charge in [0.05, 0.1) is 0 Å². The number of benzene rings is 1. The molecule has 3 atom stereocenters. The smallest absolute Gasteiger partial charge is 0.253 e. The van der Waals surface area contributed by atoms with Crippen LogP contribution in [0.4, 0.5) is 0 Å². The number of rotatable bonds is 1. The molecule has 1 amide bonds. The predicted octanol–water partition coefficient (Wildman–Crippen LogP) is 2.63. The van der Waals surface area contributed by atoms with Crippen LogP contribution in [0.3, 0.4) is 0 Å². The van der Waals surface area contributed by atoms with Crippen molar-refractivity contribution in [2.24, 2.45) is 11.8 Å². The van der Waals surface area contributed by atoms with Gasteiger partial charge in [-0.3, -0.25) is 9.69 Å². The Morgan fingerprint density at radius 1 is 0.952 bits per heavy atom. The zero-order chi connectivity index (χ0) is 14.2. The molecule has 0 saturated carbocycles. The molecular formula is C18H24N2O. The highest BCUT2D eigenvalue weighted by Gasteiger charge is 2.44. The van der Waals surface area contributed by atoms with Crippen LogP contribution in [0.25, 0.3) is 0 Å². The topological polar surface area (TPSA) is 23.6 Å². The van der Waals surface area contributed by atoms with Crippen molar-refractivity contribution in [3.8, 4) is 0 Å². The minimum Gasteiger partial charge on any atom is -0.338 e. The molecule has 0 spiro atoms. The standard InChI is InChI=1S/C18H24N2O/c21-18(14-6-2-1-3-7-14)20-12-15-8-4-10-19-11-5-9-16(13-20)17(15)19/h1-3,6-7,15-17H,4-5,8-13H2/t15-,16+,17?. The van der Waals surface area contributed by atoms with E-state index < -0.39 is 0 Å². The Morgan fingerprint density at radius 2 is 1.57 bits per heavy atom. The first-order valence-corrected chi connectivity index (χ1v) is 8.41. The Labute approximate surface area is 126 Å². The number of amides is 1. The van der Waals surface area contributed by atoms with Crippen molar-refractivity contribution in [3.63, 3.8) is 0 Å². The summed E-state index contributed by atoms with van der Waals surface area (Å²) < 4.78 is 0. The molecule has 1 aromatic rings. The summed E-state index contributed by atoms with van der Waals surface area (Å²) in [5, 5.41) is 0. The van der Waals surface area contributed by atoms with E-state index in [1.807, 2.05) is 30.3 Å². The molecule has 3 heteroatoms. The van der Waals surface area contributed by atoms with Crippen molar-refractivity contribution >= 4 is 5.91 Å². The summed E-state index contributed by atoms with van der Waals surface area (Å²) in [5.41, 5.74) is 0.847. The number of nitrogens with zero attached hydrogens (tertiary/aromatic N) is 2. The van der Waals surface area contributed by atoms with Crippen molar-refractivity contribution in [2.45, 2.75) is 31.7 Å². The van der Waals surface area contributed by atoms with Crippen molar-refractivity contribution < 1.29 is 4.79 Å². The van der Waals surface area contributed by atoms with Gasteiger partial charge in [-0.15, -0.1) is 0 Å². The van der Waals surface area contributed by atoms with Crippen LogP contribution in [0.1, 0.15) is 36.0 Å². The number of likely N-dealkylation sites (tertiary alicyclic amines) is 1. The first-order chi connectivity index (χ1) is 10.3. The quantitative estimate of drug-likeness (QED) is 0.791. The molecule has 3 aliphatic rings. The third kappa shape index (κ3) is 2.38. The Balaban J connectivity index is 1.55. The molecule has 1 unspecified atom stereocenters. The number of carbonyl (C=O) groups excluding carboxylic acids is 1. The summed E-state index contributed by atoms with van der Waals surface area (Å²) in [6.45, 7) is 4.49. The Bertz CT molecular complexity index is 495. The van der Waals surface area contributed by atoms with Crippen LogP contribution in [-0.4, -0.2) is 47.9 Å². The molecule has 3 heterocycles. The molecule has 0 N–H and O–H groups in total. The number of carbonyl (C=O) groups is 1. The van der Waals surface area contributed by atoms with Crippen LogP contribution in [0.5, 0.6) is 0 Å². The largest absolute Gasteiger partial charge is 0.338 e. The molecule has 0 aliphatic carbocycles. The first kappa shape index (κ1) is 13.3. The summed E-state index contributed by atoms with van der Waals surface area (Å²) in [5.74, 6) is 1.63. The van der Waals surface area contributed by atoms with Crippen LogP contribution in [0, 0.1) is 11.8 Å². The SMILES string of the molecule is O=C(c1ccccc1)N1C[C@H]2CCCN3CCC[C@@H](C1)C23. The van der Waals surface area contributed by atoms with E-state index in [9.17, 15) is 4.79 Å². The van der Waals surface area contributed by atoms with E-state index in [1.165, 1.54) is 38.8 Å². The molecule has 0 radical (unpaired) electrons. The average Bonchev–Trinajstić information content (AvgIpc) is 2.55. The van der Waals surface area contributed by atoms with E-state index in [0.717, 1.165) is 24.7 Å². The van der Waals surface area contributed by atoms with Crippen molar-refractivity contribution in [3.05, 3.63) is 35.9 Å². The fraction of sp³-hybridized carbons (Fsp3) is 0.611. The van der Waals surface area contributed by atoms with Gasteiger partial charge in [0, 0.05) is 24.7 Å². The van der Waals surface area contributed by atoms with E-state index >= 15 is 0 Å². The lowest BCUT2D eigenvalue weighted by Gasteiger charge is -2.54. The average molecular weight is 284 g/mol. The monoisotopic (exact) mass is 284 g/mol. The zero-order valence-corrected chi connectivity index (χ0v) is 12.6. The molecule has 3 nitrogen and oxygen atoms in total. The third-order valence-electron chi connectivity index (χ3n) is 5.65. The van der Waals surface area contributed by atoms with Gasteiger partial charge in [-0.05, 0) is 62.7 Å². The lowest BCUT2D eigenvalue weighted by Crippen LogP contribution is -2.61. The van der Waals surface area contributed by atoms with E-state index in [0.29, 0.717) is 11.8 Å². The molecule has 0 aromatic heterocycles. The minimum atomic E-state index is 0.233. The summed E-state index contributed by atoms with van der Waals surface area (Å²) in [6, 6.07) is 10.5. The summed E-state index contributed by atoms with van der Waals surface area (Å²) in [6.07, 6.45) is 5.22. The van der Waals surface area contributed by atoms with Crippen molar-refractivity contribution in [1.82, 2.24) is 9.80 Å². The Morgan fingerprint density at radius 3 is 2.19 bits per heavy atom. The van der Waals surface area contributed by atoms with Crippen molar-refractivity contribution in [1.29, 1.82) is 0 Å². The zero-order valence-electron chi connectivity index (χ0n) is 12.6. The normalized spacial score (nSPS) is 32.6. The fourth-order valence-electron chi connectivity index (χ4n) is 4.81. The van der Waals surface area contributed by atoms with Crippen LogP contribution < -0.4 is 0 Å². The van der Waals surface area contributed by atoms with E-state index in [2.05, 4.69) is 9.80 Å². The maximum absolute atomic E-state index is 12.7. The molecule has 3 fully saturated rings. The predicted molar refractivity (Wildman–Crippen MR) is 83.2 cm³/mol. The summed E-state index contributed by atoms with van der Waals surface area (Å²) >= 11 is 0. The van der Waals surface area contributed by atoms with Gasteiger partial charge in [0.1, 0.15) is 0 Å². The second-order valence-corrected chi connectivity index (χ2v) is 6.91. The third-order valence-corrected chi connectivity index (χ3v) is 5.65. The van der Waals surface area contributed by atoms with Gasteiger partial charge < -0.3 is 4.90 Å². The number of hydrogen-bond acceptors (Lipinski definition) is 2. The number of piperidine rings is 3. The molecule has 3 aliphatic heterocycles. The second kappa shape index (κ2) is 5.45. The fourth-order valence-corrected chi connectivity index (χ4v) is 4.81. The van der Waals surface area contributed by atoms with Crippen LogP contribution in [0.2, 0.25) is 0 Å². The maximum Gasteiger partial charge on any atom is 0.253 e. The lowest BCUT2D eigenvalue weighted by molar-refractivity contribution is -0.0366. The van der Waals surface area contributed by atoms with Gasteiger partial charge in [0.25, 0.3) is 5.91 Å². The minimum absolute atomic E-state index is 0.233. The molecule has 21 heavy (non-hydrogen) atoms. The van der Waals surface area contributed by atoms with Crippen molar-refractivity contribution in [2.75, 3.05) is 26.2 Å². The summed E-state index contributed by atoms with van der Waals surface area (Å²) in [4.78, 5) is 17.6. The van der Waals surface area contributed by atoms with Crippen LogP contribution >= 0.6 is 0 Å². The number of hydrogen-bond donors (Lipinski definition) is 0. The van der Waals surface area contributed by atoms with Gasteiger partial charge in [-0.1, -0.05) is 18.2 Å². The van der Waals surface area contributed by atoms with E-state index in [4.69, 9.17) is 0 Å². The molecule has 1 aromatic carbocycles. The second-order valence-electron chi connectivity index (χ2n) is 6.91. The molecule has 3 saturated heterocycles. The van der Waals surface area contributed by atoms with Crippen LogP contribution in [0.15, 0.2) is 30.3 Å². The highest BCUT2D eigenvalue weighted by Crippen LogP contribution is 2.39. The first-order valence-electron chi connectivity index (χ1n) is 8.41. The summed E-state index contributed by atoms with van der Waals surface area (Å²) in [7, 11) is 0. The van der Waals surface area contributed by atoms with Gasteiger partial charge in [-0.25, -0.2) is 0 Å². The van der Waals surface area contributed by atoms with Gasteiger partial charge in [0.2, 0.25) is 0 Å². The van der Waals surface area contributed by atoms with Gasteiger partial charge in [0.15, 0.2) is 0 Å². The van der Waals surface area contributed by atoms with E-state index in [1.54, 1.807) is 0 Å². The van der Waals surface area contributed by atoms with Crippen LogP contribution in [-0.2, 0) is 0 Å². The lowest BCUT2D eigenvalue weighted by atomic mass is 9.73. The maximum atomic E-state index is 12.7. The molecule has 112 valence electrons. The van der Waals surface area contributed by atoms with Gasteiger partial charge in [-0.2, -0.15) is 0 Å².